The van der Waals surface area contributed by atoms with Gasteiger partial charge >= 0.3 is 0 Å². The zero-order valence-corrected chi connectivity index (χ0v) is 12.9. The molecule has 4 nitrogen and oxygen atoms in total. The SMILES string of the molecule is CC(C)NC(=O)C(N)Cc1ccc(-c2cccc(O)c2)cc1. The second-order valence-electron chi connectivity index (χ2n) is 5.72. The van der Waals surface area contributed by atoms with Crippen molar-refractivity contribution < 1.29 is 9.90 Å². The maximum atomic E-state index is 11.8. The molecule has 0 spiro atoms. The number of hydrogen-bond acceptors (Lipinski definition) is 3. The van der Waals surface area contributed by atoms with Crippen LogP contribution in [0.2, 0.25) is 0 Å². The first kappa shape index (κ1) is 16.0. The average Bonchev–Trinajstić information content (AvgIpc) is 2.47. The summed E-state index contributed by atoms with van der Waals surface area (Å²) in [6.45, 7) is 3.82. The number of phenols is 1. The molecule has 0 radical (unpaired) electrons. The van der Waals surface area contributed by atoms with Crippen LogP contribution in [0.1, 0.15) is 19.4 Å². The number of benzene rings is 2. The molecule has 0 saturated carbocycles. The Morgan fingerprint density at radius 2 is 1.82 bits per heavy atom. The van der Waals surface area contributed by atoms with Crippen molar-refractivity contribution >= 4 is 5.91 Å². The molecule has 0 saturated heterocycles. The zero-order chi connectivity index (χ0) is 16.1. The first-order valence-corrected chi connectivity index (χ1v) is 7.40. The predicted molar refractivity (Wildman–Crippen MR) is 88.5 cm³/mol. The van der Waals surface area contributed by atoms with E-state index in [1.165, 1.54) is 0 Å². The topological polar surface area (TPSA) is 75.4 Å². The second-order valence-corrected chi connectivity index (χ2v) is 5.72. The van der Waals surface area contributed by atoms with Crippen molar-refractivity contribution in [3.05, 3.63) is 54.1 Å². The number of rotatable bonds is 5. The van der Waals surface area contributed by atoms with Gasteiger partial charge in [-0.2, -0.15) is 0 Å². The molecular formula is C18H22N2O2. The Kier molecular flexibility index (Phi) is 5.17. The van der Waals surface area contributed by atoms with Crippen molar-refractivity contribution in [2.24, 2.45) is 5.73 Å². The van der Waals surface area contributed by atoms with Crippen LogP contribution >= 0.6 is 0 Å². The van der Waals surface area contributed by atoms with Crippen LogP contribution in [-0.4, -0.2) is 23.1 Å². The highest BCUT2D eigenvalue weighted by Gasteiger charge is 2.14. The minimum Gasteiger partial charge on any atom is -0.508 e. The highest BCUT2D eigenvalue weighted by molar-refractivity contribution is 5.82. The van der Waals surface area contributed by atoms with Crippen molar-refractivity contribution in [1.29, 1.82) is 0 Å². The van der Waals surface area contributed by atoms with Crippen LogP contribution in [0.5, 0.6) is 5.75 Å². The molecule has 0 heterocycles. The lowest BCUT2D eigenvalue weighted by molar-refractivity contribution is -0.122. The highest BCUT2D eigenvalue weighted by Crippen LogP contribution is 2.23. The third kappa shape index (κ3) is 4.33. The molecule has 2 aromatic rings. The first-order valence-electron chi connectivity index (χ1n) is 7.40. The lowest BCUT2D eigenvalue weighted by Gasteiger charge is -2.14. The summed E-state index contributed by atoms with van der Waals surface area (Å²) in [6.07, 6.45) is 0.499. The van der Waals surface area contributed by atoms with E-state index in [2.05, 4.69) is 5.32 Å². The smallest absolute Gasteiger partial charge is 0.237 e. The van der Waals surface area contributed by atoms with Crippen LogP contribution in [0.4, 0.5) is 0 Å². The van der Waals surface area contributed by atoms with Crippen LogP contribution < -0.4 is 11.1 Å². The Labute approximate surface area is 131 Å². The molecule has 0 aliphatic carbocycles. The largest absolute Gasteiger partial charge is 0.508 e. The Morgan fingerprint density at radius 1 is 1.14 bits per heavy atom. The number of nitrogens with one attached hydrogen (secondary N) is 1. The quantitative estimate of drug-likeness (QED) is 0.793. The summed E-state index contributed by atoms with van der Waals surface area (Å²) in [4.78, 5) is 11.8. The van der Waals surface area contributed by atoms with Crippen molar-refractivity contribution in [2.45, 2.75) is 32.4 Å². The van der Waals surface area contributed by atoms with Gasteiger partial charge in [-0.15, -0.1) is 0 Å². The Hall–Kier alpha value is -2.33. The van der Waals surface area contributed by atoms with Gasteiger partial charge in [-0.3, -0.25) is 4.79 Å². The van der Waals surface area contributed by atoms with E-state index in [4.69, 9.17) is 5.73 Å². The minimum absolute atomic E-state index is 0.0895. The summed E-state index contributed by atoms with van der Waals surface area (Å²) >= 11 is 0. The summed E-state index contributed by atoms with van der Waals surface area (Å²) in [5, 5.41) is 12.3. The zero-order valence-electron chi connectivity index (χ0n) is 12.9. The number of carbonyl (C=O) groups is 1. The lowest BCUT2D eigenvalue weighted by atomic mass is 10.0. The van der Waals surface area contributed by atoms with Crippen molar-refractivity contribution in [2.75, 3.05) is 0 Å². The molecule has 0 aliphatic rings. The minimum atomic E-state index is -0.547. The maximum Gasteiger partial charge on any atom is 0.237 e. The summed E-state index contributed by atoms with van der Waals surface area (Å²) in [7, 11) is 0. The first-order chi connectivity index (χ1) is 10.5. The van der Waals surface area contributed by atoms with E-state index in [1.807, 2.05) is 50.2 Å². The van der Waals surface area contributed by atoms with Crippen LogP contribution in [0.15, 0.2) is 48.5 Å². The number of carbonyl (C=O) groups excluding carboxylic acids is 1. The Bertz CT molecular complexity index is 636. The van der Waals surface area contributed by atoms with Gasteiger partial charge in [-0.1, -0.05) is 36.4 Å². The molecule has 116 valence electrons. The third-order valence-electron chi connectivity index (χ3n) is 3.36. The van der Waals surface area contributed by atoms with Gasteiger partial charge in [-0.05, 0) is 49.1 Å². The molecule has 1 atom stereocenters. The highest BCUT2D eigenvalue weighted by atomic mass is 16.3. The van der Waals surface area contributed by atoms with Crippen LogP contribution in [-0.2, 0) is 11.2 Å². The fourth-order valence-electron chi connectivity index (χ4n) is 2.26. The molecule has 1 amide bonds. The summed E-state index contributed by atoms with van der Waals surface area (Å²) < 4.78 is 0. The molecule has 0 aliphatic heterocycles. The van der Waals surface area contributed by atoms with Crippen molar-refractivity contribution in [1.82, 2.24) is 5.32 Å². The predicted octanol–water partition coefficient (Wildman–Crippen LogP) is 2.45. The van der Waals surface area contributed by atoms with Crippen LogP contribution in [0.25, 0.3) is 11.1 Å². The van der Waals surface area contributed by atoms with Gasteiger partial charge in [0.05, 0.1) is 6.04 Å². The number of phenolic OH excluding ortho intramolecular Hbond substituents is 1. The van der Waals surface area contributed by atoms with Crippen molar-refractivity contribution in [3.63, 3.8) is 0 Å². The van der Waals surface area contributed by atoms with E-state index < -0.39 is 6.04 Å². The fraction of sp³-hybridized carbons (Fsp3) is 0.278. The molecule has 2 rings (SSSR count). The summed E-state index contributed by atoms with van der Waals surface area (Å²) in [5.74, 6) is 0.112. The van der Waals surface area contributed by atoms with Gasteiger partial charge in [-0.25, -0.2) is 0 Å². The van der Waals surface area contributed by atoms with Gasteiger partial charge in [0, 0.05) is 6.04 Å². The normalized spacial score (nSPS) is 12.2. The average molecular weight is 298 g/mol. The van der Waals surface area contributed by atoms with Gasteiger partial charge in [0.15, 0.2) is 0 Å². The standard InChI is InChI=1S/C18H22N2O2/c1-12(2)20-18(22)17(19)10-13-6-8-14(9-7-13)15-4-3-5-16(21)11-15/h3-9,11-12,17,21H,10,19H2,1-2H3,(H,20,22). The maximum absolute atomic E-state index is 11.8. The molecule has 2 aromatic carbocycles. The third-order valence-corrected chi connectivity index (χ3v) is 3.36. The van der Waals surface area contributed by atoms with Gasteiger partial charge in [0.2, 0.25) is 5.91 Å². The number of nitrogens with two attached hydrogens (primary N) is 1. The van der Waals surface area contributed by atoms with E-state index in [-0.39, 0.29) is 17.7 Å². The number of aromatic hydroxyl groups is 1. The van der Waals surface area contributed by atoms with E-state index in [9.17, 15) is 9.90 Å². The molecule has 22 heavy (non-hydrogen) atoms. The van der Waals surface area contributed by atoms with Crippen LogP contribution in [0, 0.1) is 0 Å². The Balaban J connectivity index is 2.04. The number of hydrogen-bond donors (Lipinski definition) is 3. The van der Waals surface area contributed by atoms with E-state index >= 15 is 0 Å². The molecule has 1 unspecified atom stereocenters. The summed E-state index contributed by atoms with van der Waals surface area (Å²) in [6, 6.07) is 14.5. The molecule has 0 fully saturated rings. The molecule has 0 bridgehead atoms. The van der Waals surface area contributed by atoms with E-state index in [0.717, 1.165) is 16.7 Å². The van der Waals surface area contributed by atoms with Gasteiger partial charge in [0.25, 0.3) is 0 Å². The van der Waals surface area contributed by atoms with Gasteiger partial charge in [0.1, 0.15) is 5.75 Å². The lowest BCUT2D eigenvalue weighted by Crippen LogP contribution is -2.44. The van der Waals surface area contributed by atoms with Gasteiger partial charge < -0.3 is 16.2 Å². The van der Waals surface area contributed by atoms with Crippen LogP contribution in [0.3, 0.4) is 0 Å². The molecule has 0 aromatic heterocycles. The van der Waals surface area contributed by atoms with Crippen molar-refractivity contribution in [3.8, 4) is 16.9 Å². The molecule has 4 heteroatoms. The summed E-state index contributed by atoms with van der Waals surface area (Å²) in [5.41, 5.74) is 8.90. The monoisotopic (exact) mass is 298 g/mol. The molecular weight excluding hydrogens is 276 g/mol. The second kappa shape index (κ2) is 7.09. The Morgan fingerprint density at radius 3 is 2.41 bits per heavy atom. The fourth-order valence-corrected chi connectivity index (χ4v) is 2.26. The van der Waals surface area contributed by atoms with E-state index in [1.54, 1.807) is 12.1 Å². The number of amides is 1. The molecule has 4 N–H and O–H groups in total. The van der Waals surface area contributed by atoms with E-state index in [0.29, 0.717) is 6.42 Å².